The maximum absolute atomic E-state index is 6.07. The summed E-state index contributed by atoms with van der Waals surface area (Å²) >= 11 is 7.99. The molecule has 0 spiro atoms. The molecule has 0 aromatic heterocycles. The van der Waals surface area contributed by atoms with Crippen LogP contribution in [0.25, 0.3) is 0 Å². The van der Waals surface area contributed by atoms with Crippen LogP contribution in [0, 0.1) is 0 Å². The molecule has 94 valence electrons. The van der Waals surface area contributed by atoms with Gasteiger partial charge in [0.15, 0.2) is 0 Å². The number of hydrogen-bond donors (Lipinski definition) is 1. The van der Waals surface area contributed by atoms with Gasteiger partial charge in [-0.2, -0.15) is 11.8 Å². The first kappa shape index (κ1) is 13.3. The van der Waals surface area contributed by atoms with E-state index >= 15 is 0 Å². The van der Waals surface area contributed by atoms with Crippen molar-refractivity contribution in [1.29, 1.82) is 0 Å². The summed E-state index contributed by atoms with van der Waals surface area (Å²) in [4.78, 5) is 0. The van der Waals surface area contributed by atoms with Crippen LogP contribution in [-0.2, 0) is 0 Å². The molecule has 1 atom stereocenters. The summed E-state index contributed by atoms with van der Waals surface area (Å²) in [6, 6.07) is 9.10. The quantitative estimate of drug-likeness (QED) is 0.805. The monoisotopic (exact) mass is 269 g/mol. The summed E-state index contributed by atoms with van der Waals surface area (Å²) in [5, 5.41) is 4.48. The van der Waals surface area contributed by atoms with Crippen molar-refractivity contribution in [1.82, 2.24) is 5.32 Å². The van der Waals surface area contributed by atoms with E-state index in [2.05, 4.69) is 29.8 Å². The van der Waals surface area contributed by atoms with E-state index in [0.717, 1.165) is 17.6 Å². The molecule has 1 aromatic carbocycles. The van der Waals surface area contributed by atoms with Gasteiger partial charge in [-0.25, -0.2) is 0 Å². The van der Waals surface area contributed by atoms with Crippen molar-refractivity contribution >= 4 is 23.4 Å². The largest absolute Gasteiger partial charge is 0.313 e. The lowest BCUT2D eigenvalue weighted by atomic mass is 9.96. The van der Waals surface area contributed by atoms with Crippen molar-refractivity contribution in [3.05, 3.63) is 34.9 Å². The van der Waals surface area contributed by atoms with E-state index in [0.29, 0.717) is 5.92 Å². The molecule has 0 bridgehead atoms. The van der Waals surface area contributed by atoms with Crippen molar-refractivity contribution in [2.24, 2.45) is 0 Å². The first-order chi connectivity index (χ1) is 8.29. The summed E-state index contributed by atoms with van der Waals surface area (Å²) < 4.78 is 0. The summed E-state index contributed by atoms with van der Waals surface area (Å²) in [6.45, 7) is 1.09. The summed E-state index contributed by atoms with van der Waals surface area (Å²) in [6.07, 6.45) is 6.10. The van der Waals surface area contributed by atoms with Crippen LogP contribution < -0.4 is 5.32 Å². The van der Waals surface area contributed by atoms with Crippen LogP contribution in [0.1, 0.15) is 30.7 Å². The van der Waals surface area contributed by atoms with Gasteiger partial charge in [0.25, 0.3) is 0 Å². The smallest absolute Gasteiger partial charge is 0.0408 e. The zero-order valence-electron chi connectivity index (χ0n) is 10.3. The van der Waals surface area contributed by atoms with Crippen LogP contribution >= 0.6 is 23.4 Å². The lowest BCUT2D eigenvalue weighted by Gasteiger charge is -2.18. The maximum Gasteiger partial charge on any atom is 0.0408 e. The number of nitrogens with one attached hydrogen (secondary N) is 1. The molecule has 1 fully saturated rings. The third-order valence-electron chi connectivity index (χ3n) is 3.22. The molecule has 1 N–H and O–H groups in total. The molecule has 0 aliphatic heterocycles. The second-order valence-electron chi connectivity index (χ2n) is 4.72. The van der Waals surface area contributed by atoms with Crippen molar-refractivity contribution < 1.29 is 0 Å². The van der Waals surface area contributed by atoms with Crippen LogP contribution in [0.2, 0.25) is 5.02 Å². The van der Waals surface area contributed by atoms with Crippen LogP contribution in [0.4, 0.5) is 0 Å². The van der Waals surface area contributed by atoms with Gasteiger partial charge in [-0.1, -0.05) is 23.7 Å². The molecule has 0 amide bonds. The van der Waals surface area contributed by atoms with E-state index in [4.69, 9.17) is 11.6 Å². The van der Waals surface area contributed by atoms with E-state index in [1.165, 1.54) is 30.6 Å². The van der Waals surface area contributed by atoms with E-state index in [1.807, 2.05) is 17.8 Å². The first-order valence-electron chi connectivity index (χ1n) is 6.27. The van der Waals surface area contributed by atoms with Crippen molar-refractivity contribution in [2.45, 2.75) is 31.2 Å². The van der Waals surface area contributed by atoms with E-state index in [9.17, 15) is 0 Å². The van der Waals surface area contributed by atoms with Gasteiger partial charge in [0, 0.05) is 17.6 Å². The fourth-order valence-electron chi connectivity index (χ4n) is 2.00. The Kier molecular flexibility index (Phi) is 5.20. The number of benzene rings is 1. The van der Waals surface area contributed by atoms with E-state index in [1.54, 1.807) is 0 Å². The molecule has 1 aliphatic carbocycles. The number of thioether (sulfide) groups is 1. The van der Waals surface area contributed by atoms with Gasteiger partial charge in [0.1, 0.15) is 0 Å². The molecule has 1 nitrogen and oxygen atoms in total. The Balaban J connectivity index is 1.96. The Morgan fingerprint density at radius 2 is 2.29 bits per heavy atom. The molecule has 1 aromatic rings. The summed E-state index contributed by atoms with van der Waals surface area (Å²) in [7, 11) is 0. The van der Waals surface area contributed by atoms with Crippen LogP contribution in [0.15, 0.2) is 24.3 Å². The highest BCUT2D eigenvalue weighted by molar-refractivity contribution is 7.98. The molecular weight excluding hydrogens is 250 g/mol. The van der Waals surface area contributed by atoms with E-state index in [-0.39, 0.29) is 0 Å². The Morgan fingerprint density at radius 3 is 2.94 bits per heavy atom. The van der Waals surface area contributed by atoms with Crippen LogP contribution in [0.5, 0.6) is 0 Å². The molecular formula is C14H20ClNS. The van der Waals surface area contributed by atoms with Crippen LogP contribution in [0.3, 0.4) is 0 Å². The third-order valence-corrected chi connectivity index (χ3v) is 4.10. The summed E-state index contributed by atoms with van der Waals surface area (Å²) in [5.74, 6) is 1.81. The topological polar surface area (TPSA) is 12.0 Å². The Morgan fingerprint density at radius 1 is 1.47 bits per heavy atom. The lowest BCUT2D eigenvalue weighted by molar-refractivity contribution is 0.570. The minimum absolute atomic E-state index is 0.599. The highest BCUT2D eigenvalue weighted by atomic mass is 35.5. The third kappa shape index (κ3) is 4.53. The Hall–Kier alpha value is -0.180. The van der Waals surface area contributed by atoms with Crippen LogP contribution in [-0.4, -0.2) is 24.6 Å². The molecule has 17 heavy (non-hydrogen) atoms. The van der Waals surface area contributed by atoms with Gasteiger partial charge < -0.3 is 5.32 Å². The second-order valence-corrected chi connectivity index (χ2v) is 6.14. The zero-order valence-corrected chi connectivity index (χ0v) is 11.9. The van der Waals surface area contributed by atoms with Gasteiger partial charge in [0.05, 0.1) is 0 Å². The van der Waals surface area contributed by atoms with Crippen molar-refractivity contribution in [3.8, 4) is 0 Å². The fraction of sp³-hybridized carbons (Fsp3) is 0.571. The molecule has 1 unspecified atom stereocenters. The minimum atomic E-state index is 0.599. The summed E-state index contributed by atoms with van der Waals surface area (Å²) in [5.41, 5.74) is 1.37. The SMILES string of the molecule is CSCCC(CNC1CC1)c1cccc(Cl)c1. The average molecular weight is 270 g/mol. The van der Waals surface area contributed by atoms with Gasteiger partial charge in [-0.3, -0.25) is 0 Å². The molecule has 1 aliphatic rings. The standard InChI is InChI=1S/C14H20ClNS/c1-17-8-7-12(10-16-14-5-6-14)11-3-2-4-13(15)9-11/h2-4,9,12,14,16H,5-8,10H2,1H3. The Labute approximate surface area is 113 Å². The molecule has 3 heteroatoms. The fourth-order valence-corrected chi connectivity index (χ4v) is 2.72. The highest BCUT2D eigenvalue weighted by Crippen LogP contribution is 2.25. The highest BCUT2D eigenvalue weighted by Gasteiger charge is 2.22. The number of halogens is 1. The second kappa shape index (κ2) is 6.67. The predicted octanol–water partition coefficient (Wildman–Crippen LogP) is 3.93. The number of hydrogen-bond acceptors (Lipinski definition) is 2. The van der Waals surface area contributed by atoms with Crippen molar-refractivity contribution in [3.63, 3.8) is 0 Å². The minimum Gasteiger partial charge on any atom is -0.313 e. The zero-order chi connectivity index (χ0) is 12.1. The molecule has 0 heterocycles. The molecule has 0 saturated heterocycles. The van der Waals surface area contributed by atoms with Gasteiger partial charge >= 0.3 is 0 Å². The number of rotatable bonds is 7. The van der Waals surface area contributed by atoms with Gasteiger partial charge in [-0.15, -0.1) is 0 Å². The Bertz CT molecular complexity index is 352. The molecule has 0 radical (unpaired) electrons. The van der Waals surface area contributed by atoms with Gasteiger partial charge in [0.2, 0.25) is 0 Å². The van der Waals surface area contributed by atoms with Crippen molar-refractivity contribution in [2.75, 3.05) is 18.6 Å². The average Bonchev–Trinajstić information content (AvgIpc) is 3.13. The first-order valence-corrected chi connectivity index (χ1v) is 8.04. The normalized spacial score (nSPS) is 17.1. The van der Waals surface area contributed by atoms with E-state index < -0.39 is 0 Å². The maximum atomic E-state index is 6.07. The predicted molar refractivity (Wildman–Crippen MR) is 78.2 cm³/mol. The molecule has 2 rings (SSSR count). The lowest BCUT2D eigenvalue weighted by Crippen LogP contribution is -2.24. The van der Waals surface area contributed by atoms with Gasteiger partial charge in [-0.05, 0) is 54.9 Å². The molecule has 1 saturated carbocycles.